The standard InChI is InChI=1S/C28H24N2S6/c1-29-21-7-3-5-9-25(21)33-27-13-11-19(15-23(27)29)17-31-35-36-32-18-20-12-14-28-24(16-20)30(2)22-8-4-6-10-26(22)34-28/h3-16H,17-18H2,1-2H3. The fourth-order valence-electron chi connectivity index (χ4n) is 4.36. The molecule has 2 heterocycles. The Morgan fingerprint density at radius 2 is 0.944 bits per heavy atom. The van der Waals surface area contributed by atoms with Gasteiger partial charge < -0.3 is 9.80 Å². The van der Waals surface area contributed by atoms with Crippen molar-refractivity contribution in [1.82, 2.24) is 0 Å². The molecule has 6 rings (SSSR count). The third kappa shape index (κ3) is 5.13. The van der Waals surface area contributed by atoms with E-state index < -0.39 is 0 Å². The van der Waals surface area contributed by atoms with E-state index in [0.717, 1.165) is 11.5 Å². The summed E-state index contributed by atoms with van der Waals surface area (Å²) in [6.45, 7) is 0. The van der Waals surface area contributed by atoms with E-state index in [2.05, 4.69) is 109 Å². The average Bonchev–Trinajstić information content (AvgIpc) is 2.91. The summed E-state index contributed by atoms with van der Waals surface area (Å²) in [5.74, 6) is 2.01. The molecule has 0 unspecified atom stereocenters. The van der Waals surface area contributed by atoms with E-state index in [1.807, 2.05) is 64.8 Å². The second-order valence-electron chi connectivity index (χ2n) is 8.52. The van der Waals surface area contributed by atoms with E-state index in [9.17, 15) is 0 Å². The highest BCUT2D eigenvalue weighted by Gasteiger charge is 2.21. The van der Waals surface area contributed by atoms with E-state index in [0.29, 0.717) is 0 Å². The molecule has 0 aliphatic carbocycles. The monoisotopic (exact) mass is 580 g/mol. The Morgan fingerprint density at radius 3 is 1.42 bits per heavy atom. The minimum atomic E-state index is 1.01. The third-order valence-electron chi connectivity index (χ3n) is 6.24. The molecule has 2 aliphatic heterocycles. The molecular weight excluding hydrogens is 557 g/mol. The van der Waals surface area contributed by atoms with E-state index in [4.69, 9.17) is 0 Å². The summed E-state index contributed by atoms with van der Waals surface area (Å²) >= 11 is 3.74. The Bertz CT molecular complexity index is 1300. The number of anilines is 4. The van der Waals surface area contributed by atoms with Gasteiger partial charge in [-0.3, -0.25) is 0 Å². The van der Waals surface area contributed by atoms with Crippen molar-refractivity contribution in [1.29, 1.82) is 0 Å². The second kappa shape index (κ2) is 11.1. The van der Waals surface area contributed by atoms with Crippen molar-refractivity contribution in [2.45, 2.75) is 31.1 Å². The van der Waals surface area contributed by atoms with Gasteiger partial charge in [-0.25, -0.2) is 0 Å². The molecule has 0 amide bonds. The van der Waals surface area contributed by atoms with Gasteiger partial charge >= 0.3 is 0 Å². The van der Waals surface area contributed by atoms with Gasteiger partial charge in [-0.05, 0) is 79.3 Å². The largest absolute Gasteiger partial charge is 0.343 e. The number of para-hydroxylation sites is 2. The summed E-state index contributed by atoms with van der Waals surface area (Å²) in [6, 6.07) is 31.1. The van der Waals surface area contributed by atoms with Gasteiger partial charge in [0.05, 0.1) is 22.7 Å². The number of hydrogen-bond donors (Lipinski definition) is 0. The fourth-order valence-corrected chi connectivity index (χ4v) is 12.5. The van der Waals surface area contributed by atoms with Gasteiger partial charge in [-0.2, -0.15) is 0 Å². The molecule has 0 atom stereocenters. The molecule has 0 bridgehead atoms. The highest BCUT2D eigenvalue weighted by atomic mass is 33.7. The number of benzene rings is 4. The minimum absolute atomic E-state index is 1.01. The zero-order valence-electron chi connectivity index (χ0n) is 19.8. The topological polar surface area (TPSA) is 6.48 Å². The maximum atomic E-state index is 2.35. The highest BCUT2D eigenvalue weighted by molar-refractivity contribution is 9.25. The van der Waals surface area contributed by atoms with Gasteiger partial charge in [0.2, 0.25) is 0 Å². The zero-order chi connectivity index (χ0) is 24.5. The summed E-state index contributed by atoms with van der Waals surface area (Å²) in [5.41, 5.74) is 7.94. The Morgan fingerprint density at radius 1 is 0.528 bits per heavy atom. The summed E-state index contributed by atoms with van der Waals surface area (Å²) in [4.78, 5) is 9.96. The quantitative estimate of drug-likeness (QED) is 0.155. The molecule has 8 heteroatoms. The minimum Gasteiger partial charge on any atom is -0.343 e. The molecule has 0 spiro atoms. The van der Waals surface area contributed by atoms with Gasteiger partial charge in [-0.1, -0.05) is 81.5 Å². The smallest absolute Gasteiger partial charge is 0.0553 e. The molecule has 2 nitrogen and oxygen atoms in total. The van der Waals surface area contributed by atoms with Crippen molar-refractivity contribution < 1.29 is 0 Å². The van der Waals surface area contributed by atoms with Crippen LogP contribution in [0.3, 0.4) is 0 Å². The van der Waals surface area contributed by atoms with Crippen LogP contribution < -0.4 is 9.80 Å². The van der Waals surface area contributed by atoms with Crippen LogP contribution in [0.5, 0.6) is 0 Å². The average molecular weight is 581 g/mol. The molecule has 0 saturated heterocycles. The molecule has 0 saturated carbocycles. The first-order chi connectivity index (χ1) is 17.7. The molecule has 0 N–H and O–H groups in total. The van der Waals surface area contributed by atoms with E-state index >= 15 is 0 Å². The molecule has 0 aromatic heterocycles. The van der Waals surface area contributed by atoms with Crippen LogP contribution in [0.15, 0.2) is 105 Å². The Hall–Kier alpha value is -1.42. The first kappa shape index (κ1) is 24.9. The molecule has 2 aliphatic rings. The maximum Gasteiger partial charge on any atom is 0.0553 e. The Balaban J connectivity index is 0.995. The number of nitrogens with zero attached hydrogens (tertiary/aromatic N) is 2. The molecule has 36 heavy (non-hydrogen) atoms. The third-order valence-corrected chi connectivity index (χ3v) is 14.8. The summed E-state index contributed by atoms with van der Waals surface area (Å²) in [6.07, 6.45) is 0. The SMILES string of the molecule is CN1c2ccccc2Sc2ccc(CSSSSCc3ccc4c(c3)N(C)c3ccccc3S4)cc21. The first-order valence-electron chi connectivity index (χ1n) is 11.5. The van der Waals surface area contributed by atoms with Gasteiger partial charge in [0, 0.05) is 45.2 Å². The molecular formula is C28H24N2S6. The van der Waals surface area contributed by atoms with Crippen LogP contribution in [0.25, 0.3) is 0 Å². The second-order valence-corrected chi connectivity index (χ2v) is 16.7. The lowest BCUT2D eigenvalue weighted by molar-refractivity contribution is 1.10. The number of fused-ring (bicyclic) bond motifs is 4. The van der Waals surface area contributed by atoms with Crippen LogP contribution in [-0.2, 0) is 11.5 Å². The first-order valence-corrected chi connectivity index (χ1v) is 18.3. The Kier molecular flexibility index (Phi) is 7.70. The lowest BCUT2D eigenvalue weighted by atomic mass is 10.2. The normalized spacial score (nSPS) is 13.6. The fraction of sp³-hybridized carbons (Fsp3) is 0.143. The van der Waals surface area contributed by atoms with E-state index in [1.165, 1.54) is 53.5 Å². The van der Waals surface area contributed by atoms with Gasteiger partial charge in [-0.15, -0.1) is 0 Å². The summed E-state index contributed by atoms with van der Waals surface area (Å²) in [7, 11) is 11.9. The van der Waals surface area contributed by atoms with Crippen LogP contribution in [-0.4, -0.2) is 14.1 Å². The maximum absolute atomic E-state index is 2.35. The van der Waals surface area contributed by atoms with Crippen LogP contribution >= 0.6 is 64.8 Å². The van der Waals surface area contributed by atoms with Crippen molar-refractivity contribution >= 4 is 87.5 Å². The number of hydrogen-bond acceptors (Lipinski definition) is 8. The molecule has 4 aromatic rings. The Labute approximate surface area is 237 Å². The highest BCUT2D eigenvalue weighted by Crippen LogP contribution is 2.50. The van der Waals surface area contributed by atoms with E-state index in [1.54, 1.807) is 0 Å². The van der Waals surface area contributed by atoms with Crippen LogP contribution in [0.1, 0.15) is 11.1 Å². The summed E-state index contributed by atoms with van der Waals surface area (Å²) in [5, 5.41) is 0. The van der Waals surface area contributed by atoms with Crippen LogP contribution in [0, 0.1) is 0 Å². The van der Waals surface area contributed by atoms with E-state index in [-0.39, 0.29) is 0 Å². The summed E-state index contributed by atoms with van der Waals surface area (Å²) < 4.78 is 0. The van der Waals surface area contributed by atoms with Crippen molar-refractivity contribution in [3.63, 3.8) is 0 Å². The van der Waals surface area contributed by atoms with Crippen LogP contribution in [0.2, 0.25) is 0 Å². The lowest BCUT2D eigenvalue weighted by Gasteiger charge is -2.29. The van der Waals surface area contributed by atoms with Gasteiger partial charge in [0.25, 0.3) is 0 Å². The predicted octanol–water partition coefficient (Wildman–Crippen LogP) is 10.5. The van der Waals surface area contributed by atoms with Crippen LogP contribution in [0.4, 0.5) is 22.7 Å². The van der Waals surface area contributed by atoms with Crippen molar-refractivity contribution in [3.8, 4) is 0 Å². The predicted molar refractivity (Wildman–Crippen MR) is 168 cm³/mol. The molecule has 0 fully saturated rings. The zero-order valence-corrected chi connectivity index (χ0v) is 24.7. The van der Waals surface area contributed by atoms with Gasteiger partial charge in [0.1, 0.15) is 0 Å². The van der Waals surface area contributed by atoms with Crippen molar-refractivity contribution in [3.05, 3.63) is 96.1 Å². The molecule has 4 aromatic carbocycles. The van der Waals surface area contributed by atoms with Gasteiger partial charge in [0.15, 0.2) is 0 Å². The number of rotatable bonds is 7. The molecule has 0 radical (unpaired) electrons. The lowest BCUT2D eigenvalue weighted by Crippen LogP contribution is -2.14. The van der Waals surface area contributed by atoms with Crippen molar-refractivity contribution in [2.24, 2.45) is 0 Å². The molecule has 182 valence electrons. The van der Waals surface area contributed by atoms with Crippen molar-refractivity contribution in [2.75, 3.05) is 23.9 Å².